The smallest absolute Gasteiger partial charge is 0.303 e. The highest BCUT2D eigenvalue weighted by atomic mass is 32.1. The van der Waals surface area contributed by atoms with Gasteiger partial charge in [0.2, 0.25) is 5.91 Å². The summed E-state index contributed by atoms with van der Waals surface area (Å²) in [7, 11) is 0. The Kier molecular flexibility index (Phi) is 5.28. The van der Waals surface area contributed by atoms with Gasteiger partial charge in [0, 0.05) is 23.9 Å². The molecule has 86 valence electrons. The molecule has 0 fully saturated rings. The molecule has 0 saturated heterocycles. The first-order chi connectivity index (χ1) is 7.68. The van der Waals surface area contributed by atoms with Gasteiger partial charge in [0.05, 0.1) is 0 Å². The summed E-state index contributed by atoms with van der Waals surface area (Å²) in [4.78, 5) is 22.5. The monoisotopic (exact) mass is 239 g/mol. The highest BCUT2D eigenvalue weighted by Gasteiger charge is 1.98. The number of amides is 1. The number of hydrogen-bond donors (Lipinski definition) is 2. The summed E-state index contributed by atoms with van der Waals surface area (Å²) < 4.78 is 0. The van der Waals surface area contributed by atoms with Crippen LogP contribution in [0.4, 0.5) is 0 Å². The lowest BCUT2D eigenvalue weighted by Gasteiger charge is -1.99. The quantitative estimate of drug-likeness (QED) is 0.587. The van der Waals surface area contributed by atoms with E-state index in [4.69, 9.17) is 5.11 Å². The molecule has 0 radical (unpaired) electrons. The number of hydrogen-bond acceptors (Lipinski definition) is 3. The lowest BCUT2D eigenvalue weighted by molar-refractivity contribution is -0.137. The van der Waals surface area contributed by atoms with Crippen molar-refractivity contribution in [1.29, 1.82) is 0 Å². The van der Waals surface area contributed by atoms with Gasteiger partial charge in [-0.25, -0.2) is 0 Å². The third kappa shape index (κ3) is 5.31. The summed E-state index contributed by atoms with van der Waals surface area (Å²) >= 11 is 1.55. The topological polar surface area (TPSA) is 66.4 Å². The van der Waals surface area contributed by atoms with Gasteiger partial charge in [-0.1, -0.05) is 6.07 Å². The summed E-state index contributed by atoms with van der Waals surface area (Å²) in [6, 6.07) is 3.83. The van der Waals surface area contributed by atoms with Crippen molar-refractivity contribution in [2.75, 3.05) is 6.54 Å². The van der Waals surface area contributed by atoms with Gasteiger partial charge in [-0.05, 0) is 23.9 Å². The molecule has 1 rings (SSSR count). The number of carboxylic acid groups (broad SMARTS) is 1. The lowest BCUT2D eigenvalue weighted by Crippen LogP contribution is -2.22. The van der Waals surface area contributed by atoms with Gasteiger partial charge in [0.25, 0.3) is 0 Å². The van der Waals surface area contributed by atoms with Crippen LogP contribution < -0.4 is 5.32 Å². The predicted molar refractivity (Wildman–Crippen MR) is 63.2 cm³/mol. The summed E-state index contributed by atoms with van der Waals surface area (Å²) in [5, 5.41) is 12.9. The van der Waals surface area contributed by atoms with Crippen molar-refractivity contribution in [2.45, 2.75) is 12.8 Å². The predicted octanol–water partition coefficient (Wildman–Crippen LogP) is 1.74. The van der Waals surface area contributed by atoms with Crippen molar-refractivity contribution < 1.29 is 14.7 Å². The Morgan fingerprint density at radius 2 is 2.31 bits per heavy atom. The molecule has 0 atom stereocenters. The van der Waals surface area contributed by atoms with Crippen LogP contribution >= 0.6 is 11.3 Å². The van der Waals surface area contributed by atoms with Gasteiger partial charge >= 0.3 is 5.97 Å². The van der Waals surface area contributed by atoms with Crippen molar-refractivity contribution in [2.24, 2.45) is 0 Å². The molecule has 0 saturated carbocycles. The minimum Gasteiger partial charge on any atom is -0.481 e. The Labute approximate surface area is 97.6 Å². The number of aliphatic carboxylic acids is 1. The molecule has 1 amide bonds. The van der Waals surface area contributed by atoms with E-state index in [1.165, 1.54) is 6.08 Å². The molecule has 0 aliphatic heterocycles. The molecule has 16 heavy (non-hydrogen) atoms. The maximum Gasteiger partial charge on any atom is 0.303 e. The fourth-order valence-corrected chi connectivity index (χ4v) is 1.67. The van der Waals surface area contributed by atoms with E-state index >= 15 is 0 Å². The number of nitrogens with one attached hydrogen (secondary N) is 1. The average molecular weight is 239 g/mol. The zero-order chi connectivity index (χ0) is 11.8. The Morgan fingerprint density at radius 1 is 1.50 bits per heavy atom. The molecule has 4 nitrogen and oxygen atoms in total. The Bertz CT molecular complexity index is 371. The van der Waals surface area contributed by atoms with Crippen LogP contribution in [0.15, 0.2) is 23.6 Å². The normalized spacial score (nSPS) is 10.5. The van der Waals surface area contributed by atoms with Crippen molar-refractivity contribution in [1.82, 2.24) is 5.32 Å². The fourth-order valence-electron chi connectivity index (χ4n) is 1.05. The van der Waals surface area contributed by atoms with E-state index in [1.807, 2.05) is 17.5 Å². The summed E-state index contributed by atoms with van der Waals surface area (Å²) in [5.41, 5.74) is 0. The highest BCUT2D eigenvalue weighted by Crippen LogP contribution is 2.09. The van der Waals surface area contributed by atoms with E-state index in [0.717, 1.165) is 4.88 Å². The van der Waals surface area contributed by atoms with Crippen molar-refractivity contribution in [3.63, 3.8) is 0 Å². The third-order valence-corrected chi connectivity index (χ3v) is 2.65. The van der Waals surface area contributed by atoms with Crippen LogP contribution in [0.2, 0.25) is 0 Å². The molecule has 0 aromatic carbocycles. The van der Waals surface area contributed by atoms with Gasteiger partial charge in [0.15, 0.2) is 0 Å². The second-order valence-corrected chi connectivity index (χ2v) is 4.12. The summed E-state index contributed by atoms with van der Waals surface area (Å²) in [6.07, 6.45) is 3.71. The first-order valence-electron chi connectivity index (χ1n) is 4.89. The van der Waals surface area contributed by atoms with Gasteiger partial charge in [-0.3, -0.25) is 9.59 Å². The lowest BCUT2D eigenvalue weighted by atomic mass is 10.3. The number of carbonyl (C=O) groups is 2. The van der Waals surface area contributed by atoms with E-state index in [9.17, 15) is 9.59 Å². The molecule has 0 spiro atoms. The van der Waals surface area contributed by atoms with Crippen LogP contribution in [0, 0.1) is 0 Å². The van der Waals surface area contributed by atoms with Gasteiger partial charge in [0.1, 0.15) is 0 Å². The largest absolute Gasteiger partial charge is 0.481 e. The second kappa shape index (κ2) is 6.79. The van der Waals surface area contributed by atoms with E-state index in [2.05, 4.69) is 5.32 Å². The Balaban J connectivity index is 2.18. The number of thiophene rings is 1. The maximum atomic E-state index is 11.2. The molecule has 0 unspecified atom stereocenters. The average Bonchev–Trinajstić information content (AvgIpc) is 2.74. The van der Waals surface area contributed by atoms with Crippen molar-refractivity contribution >= 4 is 29.3 Å². The number of carbonyl (C=O) groups excluding carboxylic acids is 1. The molecular formula is C11H13NO3S. The SMILES string of the molecule is O=C(O)CCCNC(=O)/C=C/c1cccs1. The van der Waals surface area contributed by atoms with E-state index in [0.29, 0.717) is 13.0 Å². The molecule has 5 heteroatoms. The van der Waals surface area contributed by atoms with Crippen LogP contribution in [0.5, 0.6) is 0 Å². The summed E-state index contributed by atoms with van der Waals surface area (Å²) in [6.45, 7) is 0.389. The molecule has 0 aliphatic rings. The highest BCUT2D eigenvalue weighted by molar-refractivity contribution is 7.10. The Morgan fingerprint density at radius 3 is 2.94 bits per heavy atom. The molecule has 0 bridgehead atoms. The van der Waals surface area contributed by atoms with Crippen LogP contribution in [0.25, 0.3) is 6.08 Å². The minimum atomic E-state index is -0.844. The molecular weight excluding hydrogens is 226 g/mol. The zero-order valence-corrected chi connectivity index (χ0v) is 9.50. The van der Waals surface area contributed by atoms with E-state index in [-0.39, 0.29) is 12.3 Å². The Hall–Kier alpha value is -1.62. The van der Waals surface area contributed by atoms with Crippen LogP contribution in [-0.4, -0.2) is 23.5 Å². The van der Waals surface area contributed by atoms with Crippen LogP contribution in [0.3, 0.4) is 0 Å². The zero-order valence-electron chi connectivity index (χ0n) is 8.68. The van der Waals surface area contributed by atoms with Crippen molar-refractivity contribution in [3.05, 3.63) is 28.5 Å². The third-order valence-electron chi connectivity index (χ3n) is 1.81. The standard InChI is InChI=1S/C11H13NO3S/c13-10(12-7-1-4-11(14)15)6-5-9-3-2-8-16-9/h2-3,5-6,8H,1,4,7H2,(H,12,13)(H,14,15)/b6-5+. The van der Waals surface area contributed by atoms with Gasteiger partial charge in [-0.2, -0.15) is 0 Å². The molecule has 2 N–H and O–H groups in total. The van der Waals surface area contributed by atoms with Crippen LogP contribution in [0.1, 0.15) is 17.7 Å². The van der Waals surface area contributed by atoms with E-state index < -0.39 is 5.97 Å². The second-order valence-electron chi connectivity index (χ2n) is 3.14. The molecule has 1 aromatic heterocycles. The van der Waals surface area contributed by atoms with Gasteiger partial charge in [-0.15, -0.1) is 11.3 Å². The summed E-state index contributed by atoms with van der Waals surface area (Å²) in [5.74, 6) is -1.04. The first-order valence-corrected chi connectivity index (χ1v) is 5.77. The van der Waals surface area contributed by atoms with Crippen LogP contribution in [-0.2, 0) is 9.59 Å². The fraction of sp³-hybridized carbons (Fsp3) is 0.273. The number of rotatable bonds is 6. The first kappa shape index (κ1) is 12.4. The van der Waals surface area contributed by atoms with Crippen molar-refractivity contribution in [3.8, 4) is 0 Å². The maximum absolute atomic E-state index is 11.2. The van der Waals surface area contributed by atoms with Gasteiger partial charge < -0.3 is 10.4 Å². The van der Waals surface area contributed by atoms with E-state index in [1.54, 1.807) is 17.4 Å². The molecule has 1 aromatic rings. The molecule has 1 heterocycles. The minimum absolute atomic E-state index is 0.0783. The number of carboxylic acids is 1. The molecule has 0 aliphatic carbocycles.